The summed E-state index contributed by atoms with van der Waals surface area (Å²) in [5, 5.41) is 20.7. The van der Waals surface area contributed by atoms with Crippen molar-refractivity contribution in [2.75, 3.05) is 7.11 Å². The highest BCUT2D eigenvalue weighted by atomic mass is 35.5. The molecule has 0 aromatic heterocycles. The number of carbonyl (C=O) groups excluding carboxylic acids is 3. The second-order valence-electron chi connectivity index (χ2n) is 7.46. The first-order valence-corrected chi connectivity index (χ1v) is 10.8. The molecule has 0 fully saturated rings. The van der Waals surface area contributed by atoms with E-state index in [9.17, 15) is 34.4 Å². The van der Waals surface area contributed by atoms with Gasteiger partial charge in [0.2, 0.25) is 11.5 Å². The quantitative estimate of drug-likeness (QED) is 0.149. The van der Waals surface area contributed by atoms with Crippen molar-refractivity contribution in [3.8, 4) is 23.0 Å². The van der Waals surface area contributed by atoms with Crippen molar-refractivity contribution in [2.45, 2.75) is 39.9 Å². The number of carbonyl (C=O) groups is 4. The average molecular weight is 540 g/mol. The van der Waals surface area contributed by atoms with E-state index in [1.165, 1.54) is 26.2 Å². The zero-order chi connectivity index (χ0) is 28.0. The highest BCUT2D eigenvalue weighted by Crippen LogP contribution is 2.47. The molecule has 14 heteroatoms. The second-order valence-corrected chi connectivity index (χ2v) is 7.87. The van der Waals surface area contributed by atoms with Crippen LogP contribution >= 0.6 is 11.6 Å². The Hall–Kier alpha value is -4.39. The summed E-state index contributed by atoms with van der Waals surface area (Å²) < 4.78 is 26.2. The average Bonchev–Trinajstić information content (AvgIpc) is 2.78. The largest absolute Gasteiger partial charge is 0.493 e. The van der Waals surface area contributed by atoms with Crippen molar-refractivity contribution in [3.05, 3.63) is 50.5 Å². The zero-order valence-electron chi connectivity index (χ0n) is 20.2. The molecule has 37 heavy (non-hydrogen) atoms. The van der Waals surface area contributed by atoms with Gasteiger partial charge in [0.15, 0.2) is 11.5 Å². The number of rotatable bonds is 10. The molecular weight excluding hydrogens is 518 g/mol. The zero-order valence-corrected chi connectivity index (χ0v) is 21.0. The number of methoxy groups -OCH3 is 1. The Morgan fingerprint density at radius 3 is 1.95 bits per heavy atom. The third kappa shape index (κ3) is 7.30. The van der Waals surface area contributed by atoms with Crippen LogP contribution in [0.4, 0.5) is 5.69 Å². The van der Waals surface area contributed by atoms with E-state index in [4.69, 9.17) is 35.3 Å². The maximum Gasteiger partial charge on any atom is 0.313 e. The summed E-state index contributed by atoms with van der Waals surface area (Å²) in [6, 6.07) is 4.52. The molecule has 1 unspecified atom stereocenters. The first kappa shape index (κ1) is 28.8. The number of hydrogen-bond donors (Lipinski definition) is 1. The maximum atomic E-state index is 11.8. The second kappa shape index (κ2) is 12.0. The lowest BCUT2D eigenvalue weighted by molar-refractivity contribution is -0.385. The smallest absolute Gasteiger partial charge is 0.313 e. The summed E-state index contributed by atoms with van der Waals surface area (Å²) in [5.41, 5.74) is -0.679. The number of nitro groups is 1. The number of nitro benzene ring substituents is 1. The van der Waals surface area contributed by atoms with E-state index in [1.807, 2.05) is 0 Å². The van der Waals surface area contributed by atoms with Crippen molar-refractivity contribution in [1.29, 1.82) is 0 Å². The number of ether oxygens (including phenoxy) is 5. The lowest BCUT2D eigenvalue weighted by Crippen LogP contribution is -2.15. The number of esters is 3. The molecule has 13 nitrogen and oxygen atoms in total. The van der Waals surface area contributed by atoms with Crippen LogP contribution in [0.5, 0.6) is 23.0 Å². The lowest BCUT2D eigenvalue weighted by Gasteiger charge is -2.21. The molecule has 1 N–H and O–H groups in total. The SMILES string of the molecule is COc1cc(C(OC(C)=O)OC(C)=O)cc(Oc2c(Cl)cc(C(C)C(=O)O)cc2[N+](=O)[O-])c1OC(C)=O. The normalized spacial score (nSPS) is 11.3. The molecule has 0 aliphatic carbocycles. The minimum Gasteiger partial charge on any atom is -0.493 e. The summed E-state index contributed by atoms with van der Waals surface area (Å²) in [6.45, 7) is 4.53. The van der Waals surface area contributed by atoms with Crippen LogP contribution < -0.4 is 14.2 Å². The number of nitrogens with zero attached hydrogens (tertiary/aromatic N) is 1. The third-order valence-electron chi connectivity index (χ3n) is 4.65. The molecule has 0 bridgehead atoms. The van der Waals surface area contributed by atoms with E-state index in [2.05, 4.69) is 0 Å². The van der Waals surface area contributed by atoms with Crippen LogP contribution in [0, 0.1) is 10.1 Å². The van der Waals surface area contributed by atoms with Gasteiger partial charge in [-0.25, -0.2) is 0 Å². The van der Waals surface area contributed by atoms with Gasteiger partial charge in [0, 0.05) is 32.4 Å². The highest BCUT2D eigenvalue weighted by molar-refractivity contribution is 6.32. The Bertz CT molecular complexity index is 1240. The van der Waals surface area contributed by atoms with Crippen molar-refractivity contribution < 1.29 is 52.9 Å². The Morgan fingerprint density at radius 2 is 1.49 bits per heavy atom. The molecule has 0 aliphatic rings. The first-order valence-electron chi connectivity index (χ1n) is 10.4. The summed E-state index contributed by atoms with van der Waals surface area (Å²) in [5.74, 6) is -6.14. The first-order chi connectivity index (χ1) is 17.2. The highest BCUT2D eigenvalue weighted by Gasteiger charge is 2.29. The number of halogens is 1. The van der Waals surface area contributed by atoms with Crippen LogP contribution in [-0.4, -0.2) is 41.0 Å². The minimum absolute atomic E-state index is 0.0250. The Kier molecular flexibility index (Phi) is 9.38. The fourth-order valence-corrected chi connectivity index (χ4v) is 3.27. The molecular formula is C23H22ClNO12. The minimum atomic E-state index is -1.58. The van der Waals surface area contributed by atoms with Gasteiger partial charge < -0.3 is 28.8 Å². The number of carboxylic acids is 1. The predicted molar refractivity (Wildman–Crippen MR) is 125 cm³/mol. The molecule has 2 aromatic rings. The lowest BCUT2D eigenvalue weighted by atomic mass is 10.0. The van der Waals surface area contributed by atoms with Crippen molar-refractivity contribution >= 4 is 41.2 Å². The van der Waals surface area contributed by atoms with Crippen molar-refractivity contribution in [2.24, 2.45) is 0 Å². The number of carboxylic acid groups (broad SMARTS) is 1. The monoisotopic (exact) mass is 539 g/mol. The molecule has 0 radical (unpaired) electrons. The van der Waals surface area contributed by atoms with Crippen LogP contribution in [-0.2, 0) is 28.7 Å². The molecule has 1 atom stereocenters. The van der Waals surface area contributed by atoms with Crippen LogP contribution in [0.15, 0.2) is 24.3 Å². The summed E-state index contributed by atoms with van der Waals surface area (Å²) in [4.78, 5) is 57.2. The van der Waals surface area contributed by atoms with Crippen molar-refractivity contribution in [1.82, 2.24) is 0 Å². The Balaban J connectivity index is 2.78. The summed E-state index contributed by atoms with van der Waals surface area (Å²) in [7, 11) is 1.21. The van der Waals surface area contributed by atoms with Crippen molar-refractivity contribution in [3.63, 3.8) is 0 Å². The van der Waals surface area contributed by atoms with Gasteiger partial charge in [-0.05, 0) is 30.7 Å². The van der Waals surface area contributed by atoms with Gasteiger partial charge in [-0.15, -0.1) is 0 Å². The van der Waals surface area contributed by atoms with E-state index in [1.54, 1.807) is 0 Å². The number of aliphatic carboxylic acids is 1. The summed E-state index contributed by atoms with van der Waals surface area (Å²) >= 11 is 6.25. The third-order valence-corrected chi connectivity index (χ3v) is 4.93. The van der Waals surface area contributed by atoms with Crippen LogP contribution in [0.3, 0.4) is 0 Å². The predicted octanol–water partition coefficient (Wildman–Crippen LogP) is 4.29. The maximum absolute atomic E-state index is 11.8. The molecule has 198 valence electrons. The molecule has 2 rings (SSSR count). The standard InChI is InChI=1S/C23H22ClNO12/c1-10(22(29)30)14-6-16(24)20(17(7-14)25(31)32)37-19-9-15(23(35-12(3)27)36-13(4)28)8-18(33-5)21(19)34-11(2)26/h6-10,23H,1-5H3,(H,29,30). The van der Waals surface area contributed by atoms with Gasteiger partial charge in [0.05, 0.1) is 23.0 Å². The van der Waals surface area contributed by atoms with E-state index in [0.29, 0.717) is 0 Å². The van der Waals surface area contributed by atoms with Crippen LogP contribution in [0.1, 0.15) is 51.0 Å². The number of benzene rings is 2. The van der Waals surface area contributed by atoms with E-state index in [-0.39, 0.29) is 33.4 Å². The van der Waals surface area contributed by atoms with Crippen LogP contribution in [0.25, 0.3) is 0 Å². The molecule has 0 spiro atoms. The Labute approximate surface area is 214 Å². The number of hydrogen-bond acceptors (Lipinski definition) is 11. The van der Waals surface area contributed by atoms with Gasteiger partial charge in [0.25, 0.3) is 6.29 Å². The van der Waals surface area contributed by atoms with Gasteiger partial charge in [-0.2, -0.15) is 0 Å². The fraction of sp³-hybridized carbons (Fsp3) is 0.304. The van der Waals surface area contributed by atoms with E-state index >= 15 is 0 Å². The molecule has 0 amide bonds. The molecule has 0 saturated heterocycles. The molecule has 0 heterocycles. The topological polar surface area (TPSA) is 178 Å². The van der Waals surface area contributed by atoms with Gasteiger partial charge in [0.1, 0.15) is 0 Å². The fourth-order valence-electron chi connectivity index (χ4n) is 3.00. The summed E-state index contributed by atoms with van der Waals surface area (Å²) in [6.07, 6.45) is -1.58. The molecule has 0 saturated carbocycles. The van der Waals surface area contributed by atoms with Crippen LogP contribution in [0.2, 0.25) is 5.02 Å². The van der Waals surface area contributed by atoms with Gasteiger partial charge in [-0.3, -0.25) is 29.3 Å². The van der Waals surface area contributed by atoms with Gasteiger partial charge in [-0.1, -0.05) is 11.6 Å². The van der Waals surface area contributed by atoms with E-state index < -0.39 is 52.4 Å². The molecule has 0 aliphatic heterocycles. The Morgan fingerprint density at radius 1 is 0.919 bits per heavy atom. The van der Waals surface area contributed by atoms with E-state index in [0.717, 1.165) is 32.9 Å². The van der Waals surface area contributed by atoms with Gasteiger partial charge >= 0.3 is 29.6 Å². The molecule has 2 aromatic carbocycles.